The van der Waals surface area contributed by atoms with Crippen molar-refractivity contribution in [3.63, 3.8) is 0 Å². The molecule has 0 atom stereocenters. The van der Waals surface area contributed by atoms with Crippen LogP contribution in [0.4, 0.5) is 5.69 Å². The van der Waals surface area contributed by atoms with E-state index in [-0.39, 0.29) is 18.4 Å². The number of anilines is 1. The van der Waals surface area contributed by atoms with Crippen LogP contribution >= 0.6 is 12.4 Å². The van der Waals surface area contributed by atoms with E-state index in [9.17, 15) is 4.79 Å². The van der Waals surface area contributed by atoms with Gasteiger partial charge in [0.15, 0.2) is 0 Å². The number of benzene rings is 2. The van der Waals surface area contributed by atoms with Crippen molar-refractivity contribution >= 4 is 35.0 Å². The van der Waals surface area contributed by atoms with Crippen molar-refractivity contribution in [2.45, 2.75) is 33.1 Å². The summed E-state index contributed by atoms with van der Waals surface area (Å²) in [7, 11) is 0. The lowest BCUT2D eigenvalue weighted by Gasteiger charge is -2.22. The fourth-order valence-corrected chi connectivity index (χ4v) is 4.09. The van der Waals surface area contributed by atoms with Crippen molar-refractivity contribution in [2.24, 2.45) is 0 Å². The topological polar surface area (TPSA) is 42.4 Å². The zero-order chi connectivity index (χ0) is 19.5. The molecule has 1 aromatic heterocycles. The normalized spacial score (nSPS) is 12.6. The molecular weight excluding hydrogens is 384 g/mol. The minimum Gasteiger partial charge on any atom is -0.466 e. The highest BCUT2D eigenvalue weighted by Gasteiger charge is 2.24. The number of carbonyl (C=O) groups is 1. The van der Waals surface area contributed by atoms with Gasteiger partial charge in [-0.3, -0.25) is 9.78 Å². The van der Waals surface area contributed by atoms with E-state index >= 15 is 0 Å². The molecule has 5 heteroatoms. The number of pyridine rings is 1. The van der Waals surface area contributed by atoms with Crippen molar-refractivity contribution in [2.75, 3.05) is 24.6 Å². The Hall–Kier alpha value is -2.59. The van der Waals surface area contributed by atoms with Gasteiger partial charge in [-0.25, -0.2) is 0 Å². The third-order valence-electron chi connectivity index (χ3n) is 5.44. The molecular formula is C24H27ClN2O2. The van der Waals surface area contributed by atoms with E-state index in [4.69, 9.17) is 9.72 Å². The van der Waals surface area contributed by atoms with Crippen LogP contribution in [0, 0.1) is 6.92 Å². The van der Waals surface area contributed by atoms with Gasteiger partial charge in [0.2, 0.25) is 0 Å². The van der Waals surface area contributed by atoms with Gasteiger partial charge in [0.25, 0.3) is 0 Å². The quantitative estimate of drug-likeness (QED) is 0.553. The van der Waals surface area contributed by atoms with E-state index in [0.717, 1.165) is 48.1 Å². The fraction of sp³-hybridized carbons (Fsp3) is 0.333. The number of carbonyl (C=O) groups excluding carboxylic acids is 1. The Bertz CT molecular complexity index is 1000. The van der Waals surface area contributed by atoms with Crippen LogP contribution in [0.25, 0.3) is 10.9 Å². The first-order valence-corrected chi connectivity index (χ1v) is 10.0. The van der Waals surface area contributed by atoms with Crippen molar-refractivity contribution < 1.29 is 9.53 Å². The van der Waals surface area contributed by atoms with Gasteiger partial charge in [-0.15, -0.1) is 12.4 Å². The standard InChI is InChI=1S/C24H26N2O2.ClH/c1-3-28-23(27)16-19-9-10-22-21(15-19)24-20(17(2)25-22)12-14-26(24)13-11-18-7-5-4-6-8-18;/h4-10,15H,3,11-14,16H2,1-2H3;1H. The maximum atomic E-state index is 11.9. The lowest BCUT2D eigenvalue weighted by atomic mass is 10.0. The number of ether oxygens (including phenoxy) is 1. The molecule has 2 heterocycles. The molecule has 0 unspecified atom stereocenters. The second-order valence-corrected chi connectivity index (χ2v) is 7.33. The number of hydrogen-bond acceptors (Lipinski definition) is 4. The van der Waals surface area contributed by atoms with Gasteiger partial charge in [0, 0.05) is 24.2 Å². The third kappa shape index (κ3) is 4.54. The number of fused-ring (bicyclic) bond motifs is 3. The van der Waals surface area contributed by atoms with Crippen molar-refractivity contribution in [3.05, 3.63) is 70.9 Å². The van der Waals surface area contributed by atoms with Crippen LogP contribution in [0.2, 0.25) is 0 Å². The molecule has 0 bridgehead atoms. The fourth-order valence-electron chi connectivity index (χ4n) is 4.09. The van der Waals surface area contributed by atoms with E-state index in [2.05, 4.69) is 48.2 Å². The SMILES string of the molecule is CCOC(=O)Cc1ccc2nc(C)c3c(c2c1)N(CCc1ccccc1)CC3.Cl. The number of nitrogens with zero attached hydrogens (tertiary/aromatic N) is 2. The Balaban J connectivity index is 0.00000240. The zero-order valence-electron chi connectivity index (χ0n) is 17.0. The van der Waals surface area contributed by atoms with Crippen LogP contribution in [0.3, 0.4) is 0 Å². The molecule has 0 radical (unpaired) electrons. The summed E-state index contributed by atoms with van der Waals surface area (Å²) in [4.78, 5) is 19.2. The molecule has 2 aromatic carbocycles. The van der Waals surface area contributed by atoms with Gasteiger partial charge in [-0.2, -0.15) is 0 Å². The summed E-state index contributed by atoms with van der Waals surface area (Å²) in [6.07, 6.45) is 2.35. The molecule has 0 aliphatic carbocycles. The monoisotopic (exact) mass is 410 g/mol. The molecule has 4 nitrogen and oxygen atoms in total. The molecule has 3 aromatic rings. The van der Waals surface area contributed by atoms with Crippen LogP contribution in [-0.2, 0) is 28.8 Å². The molecule has 29 heavy (non-hydrogen) atoms. The van der Waals surface area contributed by atoms with Crippen molar-refractivity contribution in [3.8, 4) is 0 Å². The van der Waals surface area contributed by atoms with Gasteiger partial charge < -0.3 is 9.64 Å². The van der Waals surface area contributed by atoms with Gasteiger partial charge >= 0.3 is 5.97 Å². The van der Waals surface area contributed by atoms with E-state index < -0.39 is 0 Å². The van der Waals surface area contributed by atoms with Gasteiger partial charge in [-0.1, -0.05) is 36.4 Å². The maximum absolute atomic E-state index is 11.9. The second-order valence-electron chi connectivity index (χ2n) is 7.33. The minimum atomic E-state index is -0.181. The summed E-state index contributed by atoms with van der Waals surface area (Å²) in [6.45, 7) is 6.35. The summed E-state index contributed by atoms with van der Waals surface area (Å²) in [5, 5.41) is 1.15. The van der Waals surface area contributed by atoms with Crippen LogP contribution in [-0.4, -0.2) is 30.6 Å². The molecule has 4 rings (SSSR count). The molecule has 1 aliphatic heterocycles. The Morgan fingerprint density at radius 1 is 1.14 bits per heavy atom. The summed E-state index contributed by atoms with van der Waals surface area (Å²) in [5.41, 5.74) is 7.08. The number of hydrogen-bond donors (Lipinski definition) is 0. The van der Waals surface area contributed by atoms with E-state index in [1.165, 1.54) is 16.8 Å². The van der Waals surface area contributed by atoms with Gasteiger partial charge in [0.05, 0.1) is 24.2 Å². The Labute approximate surface area is 178 Å². The summed E-state index contributed by atoms with van der Waals surface area (Å²) < 4.78 is 5.11. The van der Waals surface area contributed by atoms with Crippen LogP contribution in [0.5, 0.6) is 0 Å². The number of aromatic nitrogens is 1. The Kier molecular flexibility index (Phi) is 6.75. The average Bonchev–Trinajstić information content (AvgIpc) is 3.13. The first-order chi connectivity index (χ1) is 13.7. The number of aryl methyl sites for hydroxylation is 1. The largest absolute Gasteiger partial charge is 0.466 e. The van der Waals surface area contributed by atoms with Crippen LogP contribution in [0.15, 0.2) is 48.5 Å². The zero-order valence-corrected chi connectivity index (χ0v) is 17.8. The van der Waals surface area contributed by atoms with Crippen molar-refractivity contribution in [1.82, 2.24) is 4.98 Å². The maximum Gasteiger partial charge on any atom is 0.310 e. The summed E-state index contributed by atoms with van der Waals surface area (Å²) in [5.74, 6) is -0.181. The first-order valence-electron chi connectivity index (χ1n) is 10.0. The highest BCUT2D eigenvalue weighted by atomic mass is 35.5. The average molecular weight is 411 g/mol. The number of halogens is 1. The Morgan fingerprint density at radius 3 is 2.69 bits per heavy atom. The molecule has 0 fully saturated rings. The molecule has 152 valence electrons. The lowest BCUT2D eigenvalue weighted by molar-refractivity contribution is -0.142. The van der Waals surface area contributed by atoms with E-state index in [1.54, 1.807) is 0 Å². The third-order valence-corrected chi connectivity index (χ3v) is 5.44. The number of esters is 1. The van der Waals surface area contributed by atoms with Crippen LogP contribution in [0.1, 0.15) is 29.3 Å². The van der Waals surface area contributed by atoms with Gasteiger partial charge in [-0.05, 0) is 55.5 Å². The van der Waals surface area contributed by atoms with Crippen molar-refractivity contribution in [1.29, 1.82) is 0 Å². The molecule has 1 aliphatic rings. The Morgan fingerprint density at radius 2 is 1.93 bits per heavy atom. The van der Waals surface area contributed by atoms with E-state index in [0.29, 0.717) is 13.0 Å². The lowest BCUT2D eigenvalue weighted by Crippen LogP contribution is -2.23. The highest BCUT2D eigenvalue weighted by Crippen LogP contribution is 2.37. The second kappa shape index (κ2) is 9.27. The van der Waals surface area contributed by atoms with Crippen LogP contribution < -0.4 is 4.90 Å². The molecule has 0 saturated carbocycles. The van der Waals surface area contributed by atoms with Gasteiger partial charge in [0.1, 0.15) is 0 Å². The predicted octanol–water partition coefficient (Wildman–Crippen LogP) is 4.68. The molecule has 0 amide bonds. The highest BCUT2D eigenvalue weighted by molar-refractivity contribution is 5.96. The smallest absolute Gasteiger partial charge is 0.310 e. The molecule has 0 spiro atoms. The predicted molar refractivity (Wildman–Crippen MR) is 120 cm³/mol. The molecule has 0 saturated heterocycles. The summed E-state index contributed by atoms with van der Waals surface area (Å²) in [6, 6.07) is 16.8. The molecule has 0 N–H and O–H groups in total. The first kappa shape index (κ1) is 21.1. The minimum absolute atomic E-state index is 0. The summed E-state index contributed by atoms with van der Waals surface area (Å²) >= 11 is 0. The van der Waals surface area contributed by atoms with E-state index in [1.807, 2.05) is 19.1 Å². The number of rotatable bonds is 6.